The first-order valence-corrected chi connectivity index (χ1v) is 7.82. The Morgan fingerprint density at radius 1 is 1.50 bits per heavy atom. The molecule has 0 aliphatic heterocycles. The molecule has 80 valence electrons. The lowest BCUT2D eigenvalue weighted by atomic mass is 10.3. The highest BCUT2D eigenvalue weighted by atomic mass is 79.9. The molecule has 0 spiro atoms. The van der Waals surface area contributed by atoms with E-state index in [0.29, 0.717) is 0 Å². The van der Waals surface area contributed by atoms with Crippen molar-refractivity contribution in [2.75, 3.05) is 18.6 Å². The third-order valence-corrected chi connectivity index (χ3v) is 4.15. The van der Waals surface area contributed by atoms with Crippen molar-refractivity contribution in [2.24, 2.45) is 0 Å². The molecule has 0 fully saturated rings. The van der Waals surface area contributed by atoms with E-state index in [1.54, 1.807) is 11.3 Å². The molecule has 1 nitrogen and oxygen atoms in total. The van der Waals surface area contributed by atoms with Crippen LogP contribution in [0.3, 0.4) is 0 Å². The van der Waals surface area contributed by atoms with E-state index in [-0.39, 0.29) is 0 Å². The largest absolute Gasteiger partial charge is 0.313 e. The molecule has 0 atom stereocenters. The molecule has 0 amide bonds. The molecular formula is C10H16BrNS2. The van der Waals surface area contributed by atoms with Gasteiger partial charge in [-0.3, -0.25) is 0 Å². The minimum atomic E-state index is 1.00. The van der Waals surface area contributed by atoms with Crippen LogP contribution in [0.2, 0.25) is 0 Å². The first-order chi connectivity index (χ1) is 6.83. The van der Waals surface area contributed by atoms with Gasteiger partial charge in [-0.1, -0.05) is 0 Å². The first kappa shape index (κ1) is 12.6. The molecule has 0 radical (unpaired) electrons. The fourth-order valence-corrected chi connectivity index (χ4v) is 2.87. The lowest BCUT2D eigenvalue weighted by molar-refractivity contribution is 0.645. The molecule has 0 saturated heterocycles. The van der Waals surface area contributed by atoms with Crippen molar-refractivity contribution in [3.8, 4) is 0 Å². The van der Waals surface area contributed by atoms with Crippen molar-refractivity contribution in [3.05, 3.63) is 20.8 Å². The third kappa shape index (κ3) is 5.39. The first-order valence-electron chi connectivity index (χ1n) is 4.75. The molecule has 1 aromatic heterocycles. The van der Waals surface area contributed by atoms with Gasteiger partial charge in [0.15, 0.2) is 0 Å². The Labute approximate surface area is 103 Å². The Bertz CT molecular complexity index is 250. The minimum Gasteiger partial charge on any atom is -0.313 e. The maximum Gasteiger partial charge on any atom is 0.0701 e. The van der Waals surface area contributed by atoms with E-state index in [1.807, 2.05) is 11.8 Å². The van der Waals surface area contributed by atoms with Crippen molar-refractivity contribution in [3.63, 3.8) is 0 Å². The van der Waals surface area contributed by atoms with Crippen molar-refractivity contribution in [1.29, 1.82) is 0 Å². The molecule has 14 heavy (non-hydrogen) atoms. The maximum absolute atomic E-state index is 3.46. The number of nitrogens with one attached hydrogen (secondary N) is 1. The molecule has 0 aliphatic rings. The fourth-order valence-electron chi connectivity index (χ4n) is 1.17. The minimum absolute atomic E-state index is 1.00. The zero-order valence-corrected chi connectivity index (χ0v) is 11.6. The summed E-state index contributed by atoms with van der Waals surface area (Å²) in [5.74, 6) is 1.28. The van der Waals surface area contributed by atoms with Crippen LogP contribution in [0.15, 0.2) is 15.2 Å². The Morgan fingerprint density at radius 2 is 2.36 bits per heavy atom. The molecule has 1 heterocycles. The maximum atomic E-state index is 3.46. The predicted octanol–water partition coefficient (Wildman–Crippen LogP) is 3.74. The number of halogens is 1. The highest BCUT2D eigenvalue weighted by molar-refractivity contribution is 9.11. The van der Waals surface area contributed by atoms with Gasteiger partial charge in [-0.25, -0.2) is 0 Å². The van der Waals surface area contributed by atoms with E-state index in [0.717, 1.165) is 13.1 Å². The number of hydrogen-bond acceptors (Lipinski definition) is 3. The Balaban J connectivity index is 1.99. The molecular weight excluding hydrogens is 278 g/mol. The van der Waals surface area contributed by atoms with Crippen molar-refractivity contribution < 1.29 is 0 Å². The average molecular weight is 294 g/mol. The zero-order chi connectivity index (χ0) is 10.2. The van der Waals surface area contributed by atoms with Gasteiger partial charge in [-0.15, -0.1) is 11.3 Å². The van der Waals surface area contributed by atoms with Crippen LogP contribution in [0.4, 0.5) is 0 Å². The van der Waals surface area contributed by atoms with Gasteiger partial charge >= 0.3 is 0 Å². The number of thiophene rings is 1. The number of thioether (sulfide) groups is 1. The monoisotopic (exact) mass is 293 g/mol. The van der Waals surface area contributed by atoms with Crippen LogP contribution in [0.1, 0.15) is 18.4 Å². The van der Waals surface area contributed by atoms with E-state index in [9.17, 15) is 0 Å². The summed E-state index contributed by atoms with van der Waals surface area (Å²) < 4.78 is 1.22. The highest BCUT2D eigenvalue weighted by Gasteiger charge is 1.95. The standard InChI is InChI=1S/C10H16BrNS2/c1-13-5-3-2-4-12-7-9-6-10(11)14-8-9/h6,8,12H,2-5,7H2,1H3. The summed E-state index contributed by atoms with van der Waals surface area (Å²) in [5, 5.41) is 5.64. The topological polar surface area (TPSA) is 12.0 Å². The quantitative estimate of drug-likeness (QED) is 0.769. The second-order valence-electron chi connectivity index (χ2n) is 3.14. The summed E-state index contributed by atoms with van der Waals surface area (Å²) >= 11 is 7.14. The Hall–Kier alpha value is 0.490. The summed E-state index contributed by atoms with van der Waals surface area (Å²) in [7, 11) is 0. The Kier molecular flexibility index (Phi) is 6.94. The second kappa shape index (κ2) is 7.74. The fraction of sp³-hybridized carbons (Fsp3) is 0.600. The van der Waals surface area contributed by atoms with Crippen molar-refractivity contribution in [2.45, 2.75) is 19.4 Å². The number of rotatable bonds is 7. The van der Waals surface area contributed by atoms with Gasteiger partial charge in [0.25, 0.3) is 0 Å². The van der Waals surface area contributed by atoms with Gasteiger partial charge in [-0.05, 0) is 64.3 Å². The molecule has 1 rings (SSSR count). The summed E-state index contributed by atoms with van der Waals surface area (Å²) in [6.07, 6.45) is 4.77. The van der Waals surface area contributed by atoms with Gasteiger partial charge in [0.1, 0.15) is 0 Å². The molecule has 1 aromatic rings. The second-order valence-corrected chi connectivity index (χ2v) is 6.41. The predicted molar refractivity (Wildman–Crippen MR) is 71.3 cm³/mol. The molecule has 0 saturated carbocycles. The number of unbranched alkanes of at least 4 members (excludes halogenated alkanes) is 1. The molecule has 0 aromatic carbocycles. The average Bonchev–Trinajstić information content (AvgIpc) is 2.58. The van der Waals surface area contributed by atoms with Crippen molar-refractivity contribution in [1.82, 2.24) is 5.32 Å². The molecule has 1 N–H and O–H groups in total. The smallest absolute Gasteiger partial charge is 0.0701 e. The molecule has 4 heteroatoms. The zero-order valence-electron chi connectivity index (χ0n) is 8.38. The van der Waals surface area contributed by atoms with Gasteiger partial charge < -0.3 is 5.32 Å². The third-order valence-electron chi connectivity index (χ3n) is 1.90. The summed E-state index contributed by atoms with van der Waals surface area (Å²) in [4.78, 5) is 0. The van der Waals surface area contributed by atoms with Crippen LogP contribution >= 0.6 is 39.0 Å². The van der Waals surface area contributed by atoms with Crippen molar-refractivity contribution >= 4 is 39.0 Å². The van der Waals surface area contributed by atoms with Gasteiger partial charge in [0.05, 0.1) is 3.79 Å². The van der Waals surface area contributed by atoms with E-state index in [1.165, 1.54) is 27.9 Å². The van der Waals surface area contributed by atoms with E-state index < -0.39 is 0 Å². The van der Waals surface area contributed by atoms with Gasteiger partial charge in [0.2, 0.25) is 0 Å². The molecule has 0 bridgehead atoms. The van der Waals surface area contributed by atoms with Crippen LogP contribution in [0.5, 0.6) is 0 Å². The van der Waals surface area contributed by atoms with Crippen LogP contribution in [0, 0.1) is 0 Å². The molecule has 0 unspecified atom stereocenters. The SMILES string of the molecule is CSCCCCNCc1csc(Br)c1. The number of hydrogen-bond donors (Lipinski definition) is 1. The normalized spacial score (nSPS) is 10.7. The van der Waals surface area contributed by atoms with Crippen LogP contribution in [-0.2, 0) is 6.54 Å². The highest BCUT2D eigenvalue weighted by Crippen LogP contribution is 2.20. The summed E-state index contributed by atoms with van der Waals surface area (Å²) in [5.41, 5.74) is 1.38. The van der Waals surface area contributed by atoms with Crippen LogP contribution < -0.4 is 5.32 Å². The lowest BCUT2D eigenvalue weighted by Crippen LogP contribution is -2.14. The Morgan fingerprint density at radius 3 is 3.00 bits per heavy atom. The summed E-state index contributed by atoms with van der Waals surface area (Å²) in [6.45, 7) is 2.13. The summed E-state index contributed by atoms with van der Waals surface area (Å²) in [6, 6.07) is 2.18. The lowest BCUT2D eigenvalue weighted by Gasteiger charge is -2.02. The van der Waals surface area contributed by atoms with E-state index in [4.69, 9.17) is 0 Å². The van der Waals surface area contributed by atoms with E-state index in [2.05, 4.69) is 38.9 Å². The van der Waals surface area contributed by atoms with Gasteiger partial charge in [-0.2, -0.15) is 11.8 Å². The van der Waals surface area contributed by atoms with Crippen LogP contribution in [-0.4, -0.2) is 18.6 Å². The van der Waals surface area contributed by atoms with Crippen LogP contribution in [0.25, 0.3) is 0 Å². The van der Waals surface area contributed by atoms with Gasteiger partial charge in [0, 0.05) is 6.54 Å². The van der Waals surface area contributed by atoms with E-state index >= 15 is 0 Å². The molecule has 0 aliphatic carbocycles.